The van der Waals surface area contributed by atoms with Gasteiger partial charge in [-0.1, -0.05) is 30.3 Å². The lowest BCUT2D eigenvalue weighted by molar-refractivity contribution is -0.0966. The van der Waals surface area contributed by atoms with Crippen molar-refractivity contribution in [2.24, 2.45) is 0 Å². The van der Waals surface area contributed by atoms with Gasteiger partial charge in [-0.3, -0.25) is 0 Å². The fourth-order valence-corrected chi connectivity index (χ4v) is 2.81. The number of anilines is 1. The van der Waals surface area contributed by atoms with Gasteiger partial charge in [0.15, 0.2) is 0 Å². The fourth-order valence-electron chi connectivity index (χ4n) is 2.81. The topological polar surface area (TPSA) is 46.2 Å². The first-order valence-corrected chi connectivity index (χ1v) is 6.44. The van der Waals surface area contributed by atoms with Crippen LogP contribution >= 0.6 is 0 Å². The highest BCUT2D eigenvalue weighted by molar-refractivity contribution is 5.80. The van der Waals surface area contributed by atoms with Crippen molar-refractivity contribution < 1.29 is 13.9 Å². The van der Waals surface area contributed by atoms with E-state index in [1.54, 1.807) is 24.3 Å². The van der Waals surface area contributed by atoms with Crippen molar-refractivity contribution in [3.8, 4) is 11.1 Å². The van der Waals surface area contributed by atoms with E-state index in [-0.39, 0.29) is 0 Å². The van der Waals surface area contributed by atoms with Crippen LogP contribution < -0.4 is 5.73 Å². The highest BCUT2D eigenvalue weighted by Crippen LogP contribution is 2.47. The Labute approximate surface area is 115 Å². The van der Waals surface area contributed by atoms with Gasteiger partial charge in [0.05, 0.1) is 0 Å². The molecule has 104 valence electrons. The second kappa shape index (κ2) is 4.28. The zero-order valence-corrected chi connectivity index (χ0v) is 11.0. The molecule has 3 N–H and O–H groups in total. The molecule has 2 nitrogen and oxygen atoms in total. The summed E-state index contributed by atoms with van der Waals surface area (Å²) in [5.74, 6) is -3.11. The Balaban J connectivity index is 2.21. The van der Waals surface area contributed by atoms with Gasteiger partial charge in [0.2, 0.25) is 0 Å². The number of hydrogen-bond donors (Lipinski definition) is 2. The number of fused-ring (bicyclic) bond motifs is 1. The molecule has 0 spiro atoms. The van der Waals surface area contributed by atoms with Crippen molar-refractivity contribution in [3.05, 3.63) is 53.1 Å². The van der Waals surface area contributed by atoms with Gasteiger partial charge in [0.25, 0.3) is 5.92 Å². The second-order valence-corrected chi connectivity index (χ2v) is 5.31. The first-order valence-electron chi connectivity index (χ1n) is 6.44. The van der Waals surface area contributed by atoms with Crippen LogP contribution in [0.3, 0.4) is 0 Å². The number of rotatable bonds is 1. The highest BCUT2D eigenvalue weighted by Gasteiger charge is 2.47. The van der Waals surface area contributed by atoms with Crippen LogP contribution in [0.5, 0.6) is 0 Å². The average molecular weight is 275 g/mol. The highest BCUT2D eigenvalue weighted by atomic mass is 19.3. The lowest BCUT2D eigenvalue weighted by Crippen LogP contribution is -2.21. The van der Waals surface area contributed by atoms with Gasteiger partial charge in [-0.05, 0) is 35.2 Å². The molecular formula is C16H15F2NO. The van der Waals surface area contributed by atoms with E-state index in [0.717, 1.165) is 5.56 Å². The van der Waals surface area contributed by atoms with Crippen molar-refractivity contribution in [1.82, 2.24) is 0 Å². The van der Waals surface area contributed by atoms with E-state index in [2.05, 4.69) is 0 Å². The molecule has 0 heterocycles. The molecule has 0 radical (unpaired) electrons. The molecule has 0 bridgehead atoms. The number of alkyl halides is 2. The molecule has 0 fully saturated rings. The SMILES string of the molecule is Cc1ccc(-c2cccc3c2C(O)C(F)(F)C3)c(N)c1. The summed E-state index contributed by atoms with van der Waals surface area (Å²) in [5.41, 5.74) is 9.58. The van der Waals surface area contributed by atoms with Gasteiger partial charge in [-0.15, -0.1) is 0 Å². The van der Waals surface area contributed by atoms with Gasteiger partial charge in [0.1, 0.15) is 6.10 Å². The van der Waals surface area contributed by atoms with Gasteiger partial charge in [-0.25, -0.2) is 8.78 Å². The Morgan fingerprint density at radius 1 is 1.20 bits per heavy atom. The molecule has 0 saturated heterocycles. The third kappa shape index (κ3) is 1.88. The Kier molecular flexibility index (Phi) is 2.80. The summed E-state index contributed by atoms with van der Waals surface area (Å²) in [6, 6.07) is 10.6. The molecule has 1 atom stereocenters. The molecule has 1 unspecified atom stereocenters. The van der Waals surface area contributed by atoms with Crippen molar-refractivity contribution in [2.45, 2.75) is 25.4 Å². The van der Waals surface area contributed by atoms with Crippen LogP contribution in [0.4, 0.5) is 14.5 Å². The molecule has 1 aliphatic rings. The monoisotopic (exact) mass is 275 g/mol. The minimum atomic E-state index is -3.11. The number of aliphatic hydroxyl groups is 1. The van der Waals surface area contributed by atoms with Crippen molar-refractivity contribution in [2.75, 3.05) is 5.73 Å². The standard InChI is InChI=1S/C16H15F2NO/c1-9-5-6-11(13(19)7-9)12-4-2-3-10-8-16(17,18)15(20)14(10)12/h2-7,15,20H,8,19H2,1H3. The summed E-state index contributed by atoms with van der Waals surface area (Å²) in [6.45, 7) is 1.92. The molecule has 20 heavy (non-hydrogen) atoms. The van der Waals surface area contributed by atoms with Gasteiger partial charge in [-0.2, -0.15) is 0 Å². The Bertz CT molecular complexity index is 682. The van der Waals surface area contributed by atoms with Gasteiger partial charge < -0.3 is 10.8 Å². The number of benzene rings is 2. The number of aliphatic hydroxyl groups excluding tert-OH is 1. The zero-order valence-electron chi connectivity index (χ0n) is 11.0. The minimum absolute atomic E-state index is 0.299. The minimum Gasteiger partial charge on any atom is -0.398 e. The maximum atomic E-state index is 13.7. The summed E-state index contributed by atoms with van der Waals surface area (Å²) in [7, 11) is 0. The quantitative estimate of drug-likeness (QED) is 0.783. The van der Waals surface area contributed by atoms with Crippen LogP contribution in [0.2, 0.25) is 0 Å². The predicted molar refractivity (Wildman–Crippen MR) is 74.6 cm³/mol. The van der Waals surface area contributed by atoms with Crippen LogP contribution in [0, 0.1) is 6.92 Å². The molecule has 1 aliphatic carbocycles. The maximum absolute atomic E-state index is 13.7. The van der Waals surface area contributed by atoms with E-state index in [4.69, 9.17) is 5.73 Å². The molecule has 0 amide bonds. The number of nitrogens with two attached hydrogens (primary N) is 1. The number of nitrogen functional groups attached to an aromatic ring is 1. The molecule has 0 aliphatic heterocycles. The number of halogens is 2. The Hall–Kier alpha value is -1.94. The van der Waals surface area contributed by atoms with E-state index >= 15 is 0 Å². The molecule has 0 aromatic heterocycles. The number of hydrogen-bond acceptors (Lipinski definition) is 2. The van der Waals surface area contributed by atoms with E-state index in [1.807, 2.05) is 19.1 Å². The first kappa shape index (κ1) is 13.1. The summed E-state index contributed by atoms with van der Waals surface area (Å²) in [4.78, 5) is 0. The number of aryl methyl sites for hydroxylation is 1. The summed E-state index contributed by atoms with van der Waals surface area (Å²) in [6.07, 6.45) is -2.20. The third-order valence-electron chi connectivity index (χ3n) is 3.79. The van der Waals surface area contributed by atoms with E-state index in [0.29, 0.717) is 27.9 Å². The second-order valence-electron chi connectivity index (χ2n) is 5.31. The first-order chi connectivity index (χ1) is 9.40. The van der Waals surface area contributed by atoms with Crippen LogP contribution in [-0.2, 0) is 6.42 Å². The van der Waals surface area contributed by atoms with Crippen molar-refractivity contribution in [1.29, 1.82) is 0 Å². The summed E-state index contributed by atoms with van der Waals surface area (Å²) >= 11 is 0. The molecule has 3 rings (SSSR count). The average Bonchev–Trinajstić information content (AvgIpc) is 2.60. The lowest BCUT2D eigenvalue weighted by Gasteiger charge is -2.17. The lowest BCUT2D eigenvalue weighted by atomic mass is 9.94. The van der Waals surface area contributed by atoms with Gasteiger partial charge >= 0.3 is 0 Å². The zero-order chi connectivity index (χ0) is 14.5. The summed E-state index contributed by atoms with van der Waals surface area (Å²) < 4.78 is 27.4. The Morgan fingerprint density at radius 2 is 1.95 bits per heavy atom. The normalized spacial score (nSPS) is 19.9. The molecule has 4 heteroatoms. The van der Waals surface area contributed by atoms with Crippen LogP contribution in [0.15, 0.2) is 36.4 Å². The van der Waals surface area contributed by atoms with Crippen molar-refractivity contribution >= 4 is 5.69 Å². The predicted octanol–water partition coefficient (Wildman–Crippen LogP) is 3.47. The fraction of sp³-hybridized carbons (Fsp3) is 0.250. The Morgan fingerprint density at radius 3 is 2.65 bits per heavy atom. The molecule has 2 aromatic carbocycles. The molecule has 2 aromatic rings. The maximum Gasteiger partial charge on any atom is 0.281 e. The van der Waals surface area contributed by atoms with E-state index < -0.39 is 18.4 Å². The smallest absolute Gasteiger partial charge is 0.281 e. The summed E-state index contributed by atoms with van der Waals surface area (Å²) in [5, 5.41) is 9.91. The third-order valence-corrected chi connectivity index (χ3v) is 3.79. The van der Waals surface area contributed by atoms with Crippen LogP contribution in [0.1, 0.15) is 22.8 Å². The molecular weight excluding hydrogens is 260 g/mol. The van der Waals surface area contributed by atoms with Crippen LogP contribution in [0.25, 0.3) is 11.1 Å². The van der Waals surface area contributed by atoms with E-state index in [9.17, 15) is 13.9 Å². The van der Waals surface area contributed by atoms with E-state index in [1.165, 1.54) is 0 Å². The van der Waals surface area contributed by atoms with Crippen LogP contribution in [-0.4, -0.2) is 11.0 Å². The molecule has 0 saturated carbocycles. The van der Waals surface area contributed by atoms with Crippen molar-refractivity contribution in [3.63, 3.8) is 0 Å². The van der Waals surface area contributed by atoms with Gasteiger partial charge in [0, 0.05) is 17.7 Å². The largest absolute Gasteiger partial charge is 0.398 e.